The van der Waals surface area contributed by atoms with Gasteiger partial charge in [0, 0.05) is 32.5 Å². The summed E-state index contributed by atoms with van der Waals surface area (Å²) in [5, 5.41) is 2.64. The molecule has 1 N–H and O–H groups in total. The maximum atomic E-state index is 14.7. The number of methoxy groups -OCH3 is 2. The molecule has 4 atom stereocenters. The number of carbonyl (C=O) groups excluding carboxylic acids is 1. The number of ether oxygens (including phenoxy) is 3. The van der Waals surface area contributed by atoms with Crippen LogP contribution in [-0.4, -0.2) is 81.8 Å². The van der Waals surface area contributed by atoms with Crippen molar-refractivity contribution in [3.8, 4) is 0 Å². The molecule has 2 aliphatic rings. The highest BCUT2D eigenvalue weighted by Crippen LogP contribution is 2.31. The lowest BCUT2D eigenvalue weighted by atomic mass is 10.1. The van der Waals surface area contributed by atoms with Gasteiger partial charge < -0.3 is 29.3 Å². The van der Waals surface area contributed by atoms with Gasteiger partial charge in [-0.3, -0.25) is 4.79 Å². The molecule has 1 saturated heterocycles. The smallest absolute Gasteiger partial charge is 0.255 e. The third-order valence-corrected chi connectivity index (χ3v) is 3.79. The van der Waals surface area contributed by atoms with Crippen LogP contribution in [0.1, 0.15) is 0 Å². The average molecular weight is 329 g/mol. The molecule has 0 aromatic rings. The summed E-state index contributed by atoms with van der Waals surface area (Å²) in [4.78, 5) is 15.4. The first-order chi connectivity index (χ1) is 10.9. The predicted molar refractivity (Wildman–Crippen MR) is 82.0 cm³/mol. The number of carbonyl (C=O) groups is 1. The molecular weight excluding hydrogens is 305 g/mol. The van der Waals surface area contributed by atoms with E-state index in [0.717, 1.165) is 0 Å². The average Bonchev–Trinajstić information content (AvgIpc) is 2.78. The van der Waals surface area contributed by atoms with Gasteiger partial charge in [-0.05, 0) is 14.1 Å². The third kappa shape index (κ3) is 3.72. The molecule has 0 aromatic heterocycles. The monoisotopic (exact) mass is 329 g/mol. The Bertz CT molecular complexity index is 497. The maximum absolute atomic E-state index is 14.7. The van der Waals surface area contributed by atoms with Gasteiger partial charge in [0.05, 0.1) is 6.61 Å². The SMILES string of the molecule is C=C1NC(=O)C(CN(C)C)=CN1[C@@H]1OC(COC)[C@@H](OC)C1F. The van der Waals surface area contributed by atoms with Crippen molar-refractivity contribution in [2.45, 2.75) is 24.6 Å². The van der Waals surface area contributed by atoms with E-state index in [4.69, 9.17) is 14.2 Å². The van der Waals surface area contributed by atoms with Crippen LogP contribution >= 0.6 is 0 Å². The van der Waals surface area contributed by atoms with Gasteiger partial charge in [0.15, 0.2) is 12.4 Å². The third-order valence-electron chi connectivity index (χ3n) is 3.79. The lowest BCUT2D eigenvalue weighted by Gasteiger charge is -2.34. The number of likely N-dealkylation sites (N-methyl/N-ethyl adjacent to an activating group) is 1. The van der Waals surface area contributed by atoms with Gasteiger partial charge in [-0.25, -0.2) is 4.39 Å². The van der Waals surface area contributed by atoms with E-state index >= 15 is 0 Å². The Hall–Kier alpha value is -1.48. The van der Waals surface area contributed by atoms with Crippen LogP contribution in [0, 0.1) is 0 Å². The number of nitrogens with zero attached hydrogens (tertiary/aromatic N) is 2. The molecule has 2 unspecified atom stereocenters. The van der Waals surface area contributed by atoms with E-state index in [1.807, 2.05) is 19.0 Å². The molecule has 0 aliphatic carbocycles. The molecule has 1 fully saturated rings. The molecule has 8 heteroatoms. The van der Waals surface area contributed by atoms with Crippen molar-refractivity contribution >= 4 is 5.91 Å². The molecule has 2 rings (SSSR count). The number of amides is 1. The van der Waals surface area contributed by atoms with Gasteiger partial charge in [-0.2, -0.15) is 0 Å². The number of nitrogens with one attached hydrogen (secondary N) is 1. The Morgan fingerprint density at radius 2 is 2.17 bits per heavy atom. The van der Waals surface area contributed by atoms with Crippen LogP contribution in [0.2, 0.25) is 0 Å². The zero-order valence-electron chi connectivity index (χ0n) is 13.9. The molecule has 0 radical (unpaired) electrons. The fraction of sp³-hybridized carbons (Fsp3) is 0.667. The largest absolute Gasteiger partial charge is 0.382 e. The van der Waals surface area contributed by atoms with Gasteiger partial charge in [0.25, 0.3) is 5.91 Å². The van der Waals surface area contributed by atoms with Gasteiger partial charge in [0.2, 0.25) is 0 Å². The second-order valence-electron chi connectivity index (χ2n) is 5.87. The highest BCUT2D eigenvalue weighted by molar-refractivity contribution is 5.95. The molecule has 0 saturated carbocycles. The van der Waals surface area contributed by atoms with Gasteiger partial charge >= 0.3 is 0 Å². The highest BCUT2D eigenvalue weighted by Gasteiger charge is 2.49. The molecule has 2 aliphatic heterocycles. The van der Waals surface area contributed by atoms with Crippen LogP contribution in [0.3, 0.4) is 0 Å². The summed E-state index contributed by atoms with van der Waals surface area (Å²) in [5.74, 6) is 0.0307. The van der Waals surface area contributed by atoms with E-state index in [0.29, 0.717) is 12.1 Å². The van der Waals surface area contributed by atoms with Crippen molar-refractivity contribution in [1.29, 1.82) is 0 Å². The van der Waals surface area contributed by atoms with Crippen LogP contribution in [0.15, 0.2) is 24.2 Å². The molecule has 0 spiro atoms. The van der Waals surface area contributed by atoms with E-state index < -0.39 is 24.6 Å². The number of hydrogen-bond acceptors (Lipinski definition) is 6. The van der Waals surface area contributed by atoms with Crippen molar-refractivity contribution in [2.75, 3.05) is 41.5 Å². The van der Waals surface area contributed by atoms with Crippen LogP contribution in [0.5, 0.6) is 0 Å². The van der Waals surface area contributed by atoms with Crippen LogP contribution < -0.4 is 5.32 Å². The molecule has 0 aromatic carbocycles. The van der Waals surface area contributed by atoms with Crippen molar-refractivity contribution in [3.63, 3.8) is 0 Å². The summed E-state index contributed by atoms with van der Waals surface area (Å²) in [6, 6.07) is 0. The van der Waals surface area contributed by atoms with Gasteiger partial charge in [0.1, 0.15) is 18.0 Å². The first-order valence-electron chi connectivity index (χ1n) is 7.34. The maximum Gasteiger partial charge on any atom is 0.255 e. The Labute approximate surface area is 135 Å². The number of rotatable bonds is 6. The van der Waals surface area contributed by atoms with E-state index in [1.165, 1.54) is 19.1 Å². The fourth-order valence-corrected chi connectivity index (χ4v) is 2.76. The van der Waals surface area contributed by atoms with Crippen LogP contribution in [0.25, 0.3) is 0 Å². The van der Waals surface area contributed by atoms with Gasteiger partial charge in [-0.15, -0.1) is 0 Å². The standard InChI is InChI=1S/C15H24FN3O4/c1-9-17-14(20)10(6-18(2)3)7-19(9)15-12(16)13(22-5)11(23-15)8-21-4/h7,11-13,15H,1,6,8H2,2-5H3,(H,17,20)/t11?,12?,13-,15-/m1/s1. The molecule has 2 heterocycles. The number of halogens is 1. The van der Waals surface area contributed by atoms with Crippen LogP contribution in [0.4, 0.5) is 4.39 Å². The minimum atomic E-state index is -1.40. The van der Waals surface area contributed by atoms with Crippen LogP contribution in [-0.2, 0) is 19.0 Å². The van der Waals surface area contributed by atoms with Crippen molar-refractivity contribution in [3.05, 3.63) is 24.2 Å². The summed E-state index contributed by atoms with van der Waals surface area (Å²) < 4.78 is 30.7. The fourth-order valence-electron chi connectivity index (χ4n) is 2.76. The Kier molecular flexibility index (Phi) is 5.74. The van der Waals surface area contributed by atoms with Crippen molar-refractivity contribution in [1.82, 2.24) is 15.1 Å². The zero-order chi connectivity index (χ0) is 17.1. The second kappa shape index (κ2) is 7.39. The Morgan fingerprint density at radius 1 is 1.48 bits per heavy atom. The first-order valence-corrected chi connectivity index (χ1v) is 7.34. The minimum absolute atomic E-state index is 0.219. The lowest BCUT2D eigenvalue weighted by Crippen LogP contribution is -2.47. The summed E-state index contributed by atoms with van der Waals surface area (Å²) >= 11 is 0. The Balaban J connectivity index is 2.23. The molecular formula is C15H24FN3O4. The zero-order valence-corrected chi connectivity index (χ0v) is 13.9. The van der Waals surface area contributed by atoms with E-state index in [-0.39, 0.29) is 18.3 Å². The first kappa shape index (κ1) is 17.9. The number of alkyl halides is 1. The van der Waals surface area contributed by atoms with E-state index in [9.17, 15) is 9.18 Å². The van der Waals surface area contributed by atoms with E-state index in [2.05, 4.69) is 11.9 Å². The lowest BCUT2D eigenvalue weighted by molar-refractivity contribution is -0.119. The topological polar surface area (TPSA) is 63.3 Å². The summed E-state index contributed by atoms with van der Waals surface area (Å²) in [6.45, 7) is 4.42. The molecule has 1 amide bonds. The minimum Gasteiger partial charge on any atom is -0.382 e. The predicted octanol–water partition coefficient (Wildman–Crippen LogP) is 0.0593. The van der Waals surface area contributed by atoms with Crippen molar-refractivity contribution in [2.24, 2.45) is 0 Å². The molecule has 7 nitrogen and oxygen atoms in total. The second-order valence-corrected chi connectivity index (χ2v) is 5.87. The highest BCUT2D eigenvalue weighted by atomic mass is 19.1. The normalized spacial score (nSPS) is 31.6. The Morgan fingerprint density at radius 3 is 2.74 bits per heavy atom. The molecule has 0 bridgehead atoms. The summed E-state index contributed by atoms with van der Waals surface area (Å²) in [6.07, 6.45) is -2.01. The van der Waals surface area contributed by atoms with Crippen molar-refractivity contribution < 1.29 is 23.4 Å². The summed E-state index contributed by atoms with van der Waals surface area (Å²) in [7, 11) is 6.65. The molecule has 23 heavy (non-hydrogen) atoms. The van der Waals surface area contributed by atoms with Gasteiger partial charge in [-0.1, -0.05) is 6.58 Å². The molecule has 130 valence electrons. The number of hydrogen-bond donors (Lipinski definition) is 1. The summed E-state index contributed by atoms with van der Waals surface area (Å²) in [5.41, 5.74) is 0.502. The van der Waals surface area contributed by atoms with E-state index in [1.54, 1.807) is 6.20 Å². The quantitative estimate of drug-likeness (QED) is 0.743.